The van der Waals surface area contributed by atoms with Crippen LogP contribution < -0.4 is 10.5 Å². The van der Waals surface area contributed by atoms with E-state index in [4.69, 9.17) is 16.6 Å². The number of hydrogen-bond donors (Lipinski definition) is 2. The third-order valence-electron chi connectivity index (χ3n) is 7.26. The molecule has 33 heavy (non-hydrogen) atoms. The Labute approximate surface area is 197 Å². The molecule has 0 saturated carbocycles. The predicted octanol–water partition coefficient (Wildman–Crippen LogP) is 5.18. The van der Waals surface area contributed by atoms with Crippen LogP contribution in [0.5, 0.6) is 0 Å². The SMILES string of the molecule is O=c1[nH]c2cc(Cl)ccc2c(N2CCC(N3CCCCC3)CC2)c1-c1nc2ccccc2[nH]1. The number of pyridine rings is 1. The summed E-state index contributed by atoms with van der Waals surface area (Å²) in [5, 5.41) is 1.62. The van der Waals surface area contributed by atoms with Crippen molar-refractivity contribution in [2.45, 2.75) is 38.1 Å². The van der Waals surface area contributed by atoms with Crippen LogP contribution in [0.3, 0.4) is 0 Å². The Hall–Kier alpha value is -2.83. The van der Waals surface area contributed by atoms with E-state index in [-0.39, 0.29) is 5.56 Å². The number of rotatable bonds is 3. The van der Waals surface area contributed by atoms with Crippen molar-refractivity contribution in [1.29, 1.82) is 0 Å². The van der Waals surface area contributed by atoms with Gasteiger partial charge >= 0.3 is 0 Å². The highest BCUT2D eigenvalue weighted by molar-refractivity contribution is 6.31. The Bertz CT molecular complexity index is 1330. The minimum atomic E-state index is -0.142. The molecule has 6 nitrogen and oxygen atoms in total. The van der Waals surface area contributed by atoms with E-state index in [9.17, 15) is 4.79 Å². The van der Waals surface area contributed by atoms with Crippen LogP contribution in [-0.4, -0.2) is 52.1 Å². The van der Waals surface area contributed by atoms with Gasteiger partial charge in [0.05, 0.1) is 22.2 Å². The maximum atomic E-state index is 13.4. The van der Waals surface area contributed by atoms with Gasteiger partial charge in [0.25, 0.3) is 5.56 Å². The van der Waals surface area contributed by atoms with Crippen molar-refractivity contribution >= 4 is 39.2 Å². The van der Waals surface area contributed by atoms with Crippen LogP contribution in [0.25, 0.3) is 33.3 Å². The number of aromatic nitrogens is 3. The molecule has 2 aromatic carbocycles. The Balaban J connectivity index is 1.44. The standard InChI is InChI=1S/C26H28ClN5O/c27-17-8-9-19-22(16-17)30-26(33)23(25-28-20-6-2-3-7-21(20)29-25)24(19)32-14-10-18(11-15-32)31-12-4-1-5-13-31/h2-3,6-9,16,18H,1,4-5,10-15H2,(H,28,29)(H,30,33). The molecule has 0 spiro atoms. The molecular formula is C26H28ClN5O. The molecule has 4 heterocycles. The molecule has 2 fully saturated rings. The fourth-order valence-electron chi connectivity index (χ4n) is 5.61. The van der Waals surface area contributed by atoms with Crippen LogP contribution in [0.2, 0.25) is 5.02 Å². The summed E-state index contributed by atoms with van der Waals surface area (Å²) in [6.07, 6.45) is 6.21. The van der Waals surface area contributed by atoms with E-state index >= 15 is 0 Å². The maximum absolute atomic E-state index is 13.4. The number of likely N-dealkylation sites (tertiary alicyclic amines) is 1. The molecule has 0 radical (unpaired) electrons. The average Bonchev–Trinajstić information content (AvgIpc) is 3.27. The molecule has 2 aliphatic heterocycles. The Morgan fingerprint density at radius 2 is 1.70 bits per heavy atom. The van der Waals surface area contributed by atoms with Crippen LogP contribution in [0, 0.1) is 0 Å². The first-order valence-corrected chi connectivity index (χ1v) is 12.3. The van der Waals surface area contributed by atoms with Crippen molar-refractivity contribution in [2.24, 2.45) is 0 Å². The lowest BCUT2D eigenvalue weighted by Crippen LogP contribution is -2.47. The van der Waals surface area contributed by atoms with Gasteiger partial charge in [-0.1, -0.05) is 30.2 Å². The molecule has 0 amide bonds. The summed E-state index contributed by atoms with van der Waals surface area (Å²) >= 11 is 6.26. The summed E-state index contributed by atoms with van der Waals surface area (Å²) < 4.78 is 0. The molecule has 0 bridgehead atoms. The Kier molecular flexibility index (Phi) is 5.35. The number of anilines is 1. The van der Waals surface area contributed by atoms with E-state index < -0.39 is 0 Å². The fourth-order valence-corrected chi connectivity index (χ4v) is 5.78. The van der Waals surface area contributed by atoms with Crippen molar-refractivity contribution in [3.8, 4) is 11.4 Å². The van der Waals surface area contributed by atoms with Crippen LogP contribution >= 0.6 is 11.6 Å². The van der Waals surface area contributed by atoms with Gasteiger partial charge in [0, 0.05) is 29.5 Å². The number of benzene rings is 2. The van der Waals surface area contributed by atoms with E-state index in [1.54, 1.807) is 0 Å². The van der Waals surface area contributed by atoms with Gasteiger partial charge in [0.15, 0.2) is 0 Å². The fraction of sp³-hybridized carbons (Fsp3) is 0.385. The van der Waals surface area contributed by atoms with E-state index in [0.717, 1.165) is 53.6 Å². The summed E-state index contributed by atoms with van der Waals surface area (Å²) in [5.41, 5.74) is 3.98. The lowest BCUT2D eigenvalue weighted by Gasteiger charge is -2.41. The first kappa shape index (κ1) is 20.8. The highest BCUT2D eigenvalue weighted by Gasteiger charge is 2.29. The molecule has 7 heteroatoms. The first-order valence-electron chi connectivity index (χ1n) is 12.0. The summed E-state index contributed by atoms with van der Waals surface area (Å²) in [7, 11) is 0. The Morgan fingerprint density at radius 1 is 0.909 bits per heavy atom. The molecule has 4 aromatic rings. The van der Waals surface area contributed by atoms with Gasteiger partial charge in [-0.05, 0) is 69.1 Å². The largest absolute Gasteiger partial charge is 0.370 e. The third-order valence-corrected chi connectivity index (χ3v) is 7.50. The summed E-state index contributed by atoms with van der Waals surface area (Å²) in [6, 6.07) is 14.3. The van der Waals surface area contributed by atoms with Crippen molar-refractivity contribution < 1.29 is 0 Å². The number of H-pyrrole nitrogens is 2. The second-order valence-corrected chi connectivity index (χ2v) is 9.72. The van der Waals surface area contributed by atoms with E-state index in [1.807, 2.05) is 42.5 Å². The zero-order chi connectivity index (χ0) is 22.4. The van der Waals surface area contributed by atoms with Crippen LogP contribution in [0.4, 0.5) is 5.69 Å². The molecule has 6 rings (SSSR count). The number of nitrogens with one attached hydrogen (secondary N) is 2. The topological polar surface area (TPSA) is 68.0 Å². The number of aromatic amines is 2. The van der Waals surface area contributed by atoms with Gasteiger partial charge < -0.3 is 19.8 Å². The summed E-state index contributed by atoms with van der Waals surface area (Å²) in [5.74, 6) is 0.613. The highest BCUT2D eigenvalue weighted by atomic mass is 35.5. The lowest BCUT2D eigenvalue weighted by atomic mass is 9.98. The third kappa shape index (κ3) is 3.81. The zero-order valence-electron chi connectivity index (χ0n) is 18.6. The molecule has 170 valence electrons. The summed E-state index contributed by atoms with van der Waals surface area (Å²) in [4.78, 5) is 29.7. The van der Waals surface area contributed by atoms with Gasteiger partial charge in [0.1, 0.15) is 11.4 Å². The smallest absolute Gasteiger partial charge is 0.261 e. The number of piperidine rings is 2. The van der Waals surface area contributed by atoms with E-state index in [2.05, 4.69) is 19.8 Å². The van der Waals surface area contributed by atoms with Gasteiger partial charge in [-0.15, -0.1) is 0 Å². The predicted molar refractivity (Wildman–Crippen MR) is 135 cm³/mol. The molecule has 0 aliphatic carbocycles. The zero-order valence-corrected chi connectivity index (χ0v) is 19.4. The molecule has 2 N–H and O–H groups in total. The minimum absolute atomic E-state index is 0.142. The molecule has 2 saturated heterocycles. The number of halogens is 1. The second-order valence-electron chi connectivity index (χ2n) is 9.29. The van der Waals surface area contributed by atoms with Gasteiger partial charge in [-0.3, -0.25) is 4.79 Å². The second kappa shape index (κ2) is 8.50. The van der Waals surface area contributed by atoms with Crippen LogP contribution in [0.1, 0.15) is 32.1 Å². The molecule has 2 aromatic heterocycles. The lowest BCUT2D eigenvalue weighted by molar-refractivity contribution is 0.141. The normalized spacial score (nSPS) is 18.4. The maximum Gasteiger partial charge on any atom is 0.261 e. The van der Waals surface area contributed by atoms with Crippen LogP contribution in [0.15, 0.2) is 47.3 Å². The molecule has 0 unspecified atom stereocenters. The number of imidazole rings is 1. The van der Waals surface area contributed by atoms with Gasteiger partial charge in [-0.2, -0.15) is 0 Å². The highest BCUT2D eigenvalue weighted by Crippen LogP contribution is 2.36. The summed E-state index contributed by atoms with van der Waals surface area (Å²) in [6.45, 7) is 4.30. The molecule has 0 atom stereocenters. The van der Waals surface area contributed by atoms with Gasteiger partial charge in [-0.25, -0.2) is 4.98 Å². The molecular weight excluding hydrogens is 434 g/mol. The number of para-hydroxylation sites is 2. The average molecular weight is 462 g/mol. The Morgan fingerprint density at radius 3 is 2.48 bits per heavy atom. The van der Waals surface area contributed by atoms with Crippen molar-refractivity contribution in [1.82, 2.24) is 19.9 Å². The quantitative estimate of drug-likeness (QED) is 0.441. The van der Waals surface area contributed by atoms with E-state index in [0.29, 0.717) is 22.5 Å². The van der Waals surface area contributed by atoms with Gasteiger partial charge in [0.2, 0.25) is 0 Å². The van der Waals surface area contributed by atoms with Crippen molar-refractivity contribution in [3.63, 3.8) is 0 Å². The first-order chi connectivity index (χ1) is 16.2. The number of hydrogen-bond acceptors (Lipinski definition) is 4. The minimum Gasteiger partial charge on any atom is -0.370 e. The number of fused-ring (bicyclic) bond motifs is 2. The van der Waals surface area contributed by atoms with E-state index in [1.165, 1.54) is 32.4 Å². The van der Waals surface area contributed by atoms with Crippen LogP contribution in [-0.2, 0) is 0 Å². The molecule has 2 aliphatic rings. The monoisotopic (exact) mass is 461 g/mol. The van der Waals surface area contributed by atoms with Crippen molar-refractivity contribution in [2.75, 3.05) is 31.1 Å². The number of nitrogens with zero attached hydrogens (tertiary/aromatic N) is 3. The van der Waals surface area contributed by atoms with Crippen molar-refractivity contribution in [3.05, 3.63) is 57.8 Å².